The van der Waals surface area contributed by atoms with Crippen molar-refractivity contribution in [3.63, 3.8) is 0 Å². The van der Waals surface area contributed by atoms with E-state index in [-0.39, 0.29) is 17.5 Å². The zero-order chi connectivity index (χ0) is 14.3. The minimum atomic E-state index is 0.0409. The molecule has 20 heavy (non-hydrogen) atoms. The summed E-state index contributed by atoms with van der Waals surface area (Å²) in [5.41, 5.74) is 6.21. The summed E-state index contributed by atoms with van der Waals surface area (Å²) in [6.45, 7) is 6.00. The van der Waals surface area contributed by atoms with Crippen LogP contribution in [0.15, 0.2) is 0 Å². The van der Waals surface area contributed by atoms with Crippen molar-refractivity contribution in [1.29, 1.82) is 0 Å². The maximum Gasteiger partial charge on any atom is 0.239 e. The molecule has 1 aliphatic carbocycles. The maximum atomic E-state index is 12.8. The molecule has 2 heterocycles. The summed E-state index contributed by atoms with van der Waals surface area (Å²) in [7, 11) is 0. The standard InChI is InChI=1S/C16H29N3O/c1-16(2)10-19(8-7-14(16)17)15(20)13-9-11-5-3-4-6-12(11)18-13/h11-14,18H,3-10,17H2,1-2H3. The summed E-state index contributed by atoms with van der Waals surface area (Å²) in [6.07, 6.45) is 7.20. The number of likely N-dealkylation sites (tertiary alicyclic amines) is 1. The fourth-order valence-electron chi connectivity index (χ4n) is 4.29. The number of carbonyl (C=O) groups is 1. The monoisotopic (exact) mass is 279 g/mol. The molecule has 4 nitrogen and oxygen atoms in total. The molecule has 3 aliphatic rings. The lowest BCUT2D eigenvalue weighted by molar-refractivity contribution is -0.136. The van der Waals surface area contributed by atoms with Gasteiger partial charge in [0.2, 0.25) is 5.91 Å². The first-order chi connectivity index (χ1) is 9.47. The van der Waals surface area contributed by atoms with E-state index in [1.807, 2.05) is 0 Å². The highest BCUT2D eigenvalue weighted by atomic mass is 16.2. The van der Waals surface area contributed by atoms with E-state index in [4.69, 9.17) is 5.73 Å². The summed E-state index contributed by atoms with van der Waals surface area (Å²) in [4.78, 5) is 14.8. The summed E-state index contributed by atoms with van der Waals surface area (Å²) in [5, 5.41) is 3.61. The Morgan fingerprint density at radius 2 is 2.00 bits per heavy atom. The Balaban J connectivity index is 1.62. The van der Waals surface area contributed by atoms with Gasteiger partial charge in [-0.1, -0.05) is 26.7 Å². The smallest absolute Gasteiger partial charge is 0.239 e. The van der Waals surface area contributed by atoms with Crippen molar-refractivity contribution in [1.82, 2.24) is 10.2 Å². The van der Waals surface area contributed by atoms with Crippen LogP contribution in [0.5, 0.6) is 0 Å². The Labute approximate surface area is 122 Å². The topological polar surface area (TPSA) is 58.4 Å². The highest BCUT2D eigenvalue weighted by Crippen LogP contribution is 2.35. The number of piperidine rings is 1. The van der Waals surface area contributed by atoms with Gasteiger partial charge in [-0.05, 0) is 37.0 Å². The van der Waals surface area contributed by atoms with Gasteiger partial charge in [-0.3, -0.25) is 4.79 Å². The van der Waals surface area contributed by atoms with Crippen molar-refractivity contribution in [3.05, 3.63) is 0 Å². The Bertz CT molecular complexity index is 368. The van der Waals surface area contributed by atoms with Gasteiger partial charge in [-0.2, -0.15) is 0 Å². The summed E-state index contributed by atoms with van der Waals surface area (Å²) in [5.74, 6) is 1.05. The van der Waals surface area contributed by atoms with Crippen LogP contribution in [0.3, 0.4) is 0 Å². The third kappa shape index (κ3) is 2.60. The van der Waals surface area contributed by atoms with E-state index in [2.05, 4.69) is 24.1 Å². The average Bonchev–Trinajstić information content (AvgIpc) is 2.84. The zero-order valence-electron chi connectivity index (χ0n) is 12.9. The van der Waals surface area contributed by atoms with E-state index >= 15 is 0 Å². The number of amides is 1. The number of nitrogens with zero attached hydrogens (tertiary/aromatic N) is 1. The third-order valence-electron chi connectivity index (χ3n) is 5.78. The molecule has 4 atom stereocenters. The van der Waals surface area contributed by atoms with Crippen LogP contribution in [0.1, 0.15) is 52.4 Å². The molecule has 3 N–H and O–H groups in total. The van der Waals surface area contributed by atoms with Crippen LogP contribution in [0, 0.1) is 11.3 Å². The fourth-order valence-corrected chi connectivity index (χ4v) is 4.29. The van der Waals surface area contributed by atoms with Crippen molar-refractivity contribution in [2.75, 3.05) is 13.1 Å². The molecule has 3 fully saturated rings. The zero-order valence-corrected chi connectivity index (χ0v) is 12.9. The van der Waals surface area contributed by atoms with Gasteiger partial charge in [0, 0.05) is 25.2 Å². The predicted octanol–water partition coefficient (Wildman–Crippen LogP) is 1.49. The second-order valence-electron chi connectivity index (χ2n) is 7.75. The first kappa shape index (κ1) is 14.3. The van der Waals surface area contributed by atoms with Crippen LogP contribution in [0.4, 0.5) is 0 Å². The van der Waals surface area contributed by atoms with Gasteiger partial charge in [0.25, 0.3) is 0 Å². The van der Waals surface area contributed by atoms with E-state index in [1.165, 1.54) is 25.7 Å². The number of nitrogens with two attached hydrogens (primary N) is 1. The molecule has 3 rings (SSSR count). The lowest BCUT2D eigenvalue weighted by Gasteiger charge is -2.43. The second kappa shape index (κ2) is 5.30. The number of fused-ring (bicyclic) bond motifs is 1. The first-order valence-electron chi connectivity index (χ1n) is 8.28. The molecule has 1 amide bonds. The van der Waals surface area contributed by atoms with E-state index in [0.717, 1.165) is 31.8 Å². The molecule has 0 radical (unpaired) electrons. The minimum Gasteiger partial charge on any atom is -0.341 e. The molecule has 114 valence electrons. The molecular formula is C16H29N3O. The Morgan fingerprint density at radius 1 is 1.25 bits per heavy atom. The van der Waals surface area contributed by atoms with Crippen molar-refractivity contribution < 1.29 is 4.79 Å². The quantitative estimate of drug-likeness (QED) is 0.764. The van der Waals surface area contributed by atoms with Gasteiger partial charge in [-0.15, -0.1) is 0 Å². The fraction of sp³-hybridized carbons (Fsp3) is 0.938. The summed E-state index contributed by atoms with van der Waals surface area (Å²) in [6, 6.07) is 0.872. The molecule has 0 spiro atoms. The van der Waals surface area contributed by atoms with Gasteiger partial charge >= 0.3 is 0 Å². The molecular weight excluding hydrogens is 250 g/mol. The maximum absolute atomic E-state index is 12.8. The molecule has 2 aliphatic heterocycles. The molecule has 4 unspecified atom stereocenters. The van der Waals surface area contributed by atoms with Gasteiger partial charge in [-0.25, -0.2) is 0 Å². The number of hydrogen-bond donors (Lipinski definition) is 2. The van der Waals surface area contributed by atoms with E-state index in [0.29, 0.717) is 11.9 Å². The number of rotatable bonds is 1. The van der Waals surface area contributed by atoms with Crippen molar-refractivity contribution in [2.24, 2.45) is 17.1 Å². The van der Waals surface area contributed by atoms with Gasteiger partial charge in [0.15, 0.2) is 0 Å². The summed E-state index contributed by atoms with van der Waals surface area (Å²) >= 11 is 0. The second-order valence-corrected chi connectivity index (χ2v) is 7.75. The number of nitrogens with one attached hydrogen (secondary N) is 1. The van der Waals surface area contributed by atoms with E-state index < -0.39 is 0 Å². The van der Waals surface area contributed by atoms with Crippen LogP contribution < -0.4 is 11.1 Å². The molecule has 2 saturated heterocycles. The lowest BCUT2D eigenvalue weighted by atomic mass is 9.79. The molecule has 0 aromatic heterocycles. The van der Waals surface area contributed by atoms with Crippen LogP contribution in [0.25, 0.3) is 0 Å². The number of hydrogen-bond acceptors (Lipinski definition) is 3. The van der Waals surface area contributed by atoms with Crippen molar-refractivity contribution >= 4 is 5.91 Å². The highest BCUT2D eigenvalue weighted by Gasteiger charge is 2.42. The molecule has 0 bridgehead atoms. The molecule has 0 aromatic carbocycles. The Hall–Kier alpha value is -0.610. The van der Waals surface area contributed by atoms with Crippen molar-refractivity contribution in [3.8, 4) is 0 Å². The molecule has 1 saturated carbocycles. The SMILES string of the molecule is CC1(C)CN(C(=O)C2CC3CCCCC3N2)CCC1N. The molecule has 0 aromatic rings. The van der Waals surface area contributed by atoms with Crippen LogP contribution >= 0.6 is 0 Å². The van der Waals surface area contributed by atoms with Crippen LogP contribution in [0.2, 0.25) is 0 Å². The third-order valence-corrected chi connectivity index (χ3v) is 5.78. The van der Waals surface area contributed by atoms with E-state index in [9.17, 15) is 4.79 Å². The highest BCUT2D eigenvalue weighted by molar-refractivity contribution is 5.82. The average molecular weight is 279 g/mol. The Kier molecular flexibility index (Phi) is 3.80. The van der Waals surface area contributed by atoms with Crippen molar-refractivity contribution in [2.45, 2.75) is 70.5 Å². The van der Waals surface area contributed by atoms with Gasteiger partial charge in [0.1, 0.15) is 0 Å². The lowest BCUT2D eigenvalue weighted by Crippen LogP contribution is -2.57. The van der Waals surface area contributed by atoms with Crippen LogP contribution in [-0.4, -0.2) is 42.0 Å². The normalized spacial score (nSPS) is 40.5. The number of carbonyl (C=O) groups excluding carboxylic acids is 1. The predicted molar refractivity (Wildman–Crippen MR) is 80.2 cm³/mol. The first-order valence-corrected chi connectivity index (χ1v) is 8.28. The largest absolute Gasteiger partial charge is 0.341 e. The summed E-state index contributed by atoms with van der Waals surface area (Å²) < 4.78 is 0. The van der Waals surface area contributed by atoms with Gasteiger partial charge in [0.05, 0.1) is 6.04 Å². The molecule has 4 heteroatoms. The Morgan fingerprint density at radius 3 is 2.70 bits per heavy atom. The van der Waals surface area contributed by atoms with Crippen LogP contribution in [-0.2, 0) is 4.79 Å². The van der Waals surface area contributed by atoms with Gasteiger partial charge < -0.3 is 16.0 Å². The van der Waals surface area contributed by atoms with E-state index in [1.54, 1.807) is 0 Å². The minimum absolute atomic E-state index is 0.0409.